The zero-order valence-corrected chi connectivity index (χ0v) is 14.3. The summed E-state index contributed by atoms with van der Waals surface area (Å²) in [4.78, 5) is 10.7. The topological polar surface area (TPSA) is 37.3 Å². The van der Waals surface area contributed by atoms with Gasteiger partial charge >= 0.3 is 120 Å². The second-order valence-electron chi connectivity index (χ2n) is 6.06. The van der Waals surface area contributed by atoms with Crippen molar-refractivity contribution in [1.82, 2.24) is 0 Å². The number of unbranched alkanes of at least 4 members (excludes halogenated alkanes) is 3. The van der Waals surface area contributed by atoms with Crippen LogP contribution in [0.3, 0.4) is 0 Å². The van der Waals surface area contributed by atoms with Crippen LogP contribution in [-0.4, -0.2) is 35.7 Å². The fourth-order valence-electron chi connectivity index (χ4n) is 3.02. The minimum absolute atomic E-state index is 0.374. The average Bonchev–Trinajstić information content (AvgIpc) is 2.39. The van der Waals surface area contributed by atoms with Crippen molar-refractivity contribution in [1.29, 1.82) is 0 Å². The molecule has 0 spiro atoms. The van der Waals surface area contributed by atoms with Crippen molar-refractivity contribution in [3.05, 3.63) is 0 Å². The van der Waals surface area contributed by atoms with Gasteiger partial charge in [0.15, 0.2) is 0 Å². The molecule has 0 aliphatic rings. The SMILES string of the molecule is CCCC[PH](CCCC)(CCCC)CCCC(=O)O. The maximum absolute atomic E-state index is 10.7. The van der Waals surface area contributed by atoms with Gasteiger partial charge in [0, 0.05) is 0 Å². The van der Waals surface area contributed by atoms with Gasteiger partial charge < -0.3 is 0 Å². The van der Waals surface area contributed by atoms with Crippen molar-refractivity contribution < 1.29 is 9.90 Å². The molecule has 0 fully saturated rings. The van der Waals surface area contributed by atoms with E-state index in [2.05, 4.69) is 20.8 Å². The number of hydrogen-bond acceptors (Lipinski definition) is 1. The quantitative estimate of drug-likeness (QED) is 0.485. The molecule has 0 amide bonds. The Labute approximate surface area is 120 Å². The Bertz CT molecular complexity index is 207. The molecule has 0 heterocycles. The molecule has 0 atom stereocenters. The molecule has 0 bridgehead atoms. The van der Waals surface area contributed by atoms with Gasteiger partial charge in [-0.1, -0.05) is 0 Å². The summed E-state index contributed by atoms with van der Waals surface area (Å²) in [5.74, 6) is -0.621. The van der Waals surface area contributed by atoms with Crippen LogP contribution in [-0.2, 0) is 4.79 Å². The van der Waals surface area contributed by atoms with Crippen molar-refractivity contribution in [2.45, 2.75) is 72.1 Å². The normalized spacial score (nSPS) is 12.6. The van der Waals surface area contributed by atoms with Gasteiger partial charge in [0.05, 0.1) is 0 Å². The van der Waals surface area contributed by atoms with Gasteiger partial charge in [-0.2, -0.15) is 0 Å². The summed E-state index contributed by atoms with van der Waals surface area (Å²) < 4.78 is 0. The second-order valence-corrected chi connectivity index (χ2v) is 11.1. The van der Waals surface area contributed by atoms with E-state index >= 15 is 0 Å². The Kier molecular flexibility index (Phi) is 11.6. The summed E-state index contributed by atoms with van der Waals surface area (Å²) >= 11 is 0. The number of carboxylic acids is 1. The van der Waals surface area contributed by atoms with E-state index in [4.69, 9.17) is 5.11 Å². The Morgan fingerprint density at radius 1 is 0.789 bits per heavy atom. The van der Waals surface area contributed by atoms with Crippen LogP contribution in [0.2, 0.25) is 0 Å². The molecule has 0 unspecified atom stereocenters. The van der Waals surface area contributed by atoms with Gasteiger partial charge in [0.1, 0.15) is 0 Å². The fourth-order valence-corrected chi connectivity index (χ4v) is 8.76. The van der Waals surface area contributed by atoms with Crippen LogP contribution < -0.4 is 0 Å². The number of rotatable bonds is 13. The fraction of sp³-hybridized carbons (Fsp3) is 0.938. The Morgan fingerprint density at radius 2 is 1.16 bits per heavy atom. The van der Waals surface area contributed by atoms with E-state index in [1.165, 1.54) is 63.2 Å². The van der Waals surface area contributed by atoms with Crippen molar-refractivity contribution in [2.75, 3.05) is 24.6 Å². The first-order chi connectivity index (χ1) is 9.10. The molecule has 0 aliphatic heterocycles. The molecule has 0 rings (SSSR count). The number of hydrogen-bond donors (Lipinski definition) is 1. The third-order valence-electron chi connectivity index (χ3n) is 4.28. The molecule has 1 N–H and O–H groups in total. The third-order valence-corrected chi connectivity index (χ3v) is 9.94. The summed E-state index contributed by atoms with van der Waals surface area (Å²) in [5.41, 5.74) is 0. The summed E-state index contributed by atoms with van der Waals surface area (Å²) in [7, 11) is -1.19. The molecule has 2 nitrogen and oxygen atoms in total. The van der Waals surface area contributed by atoms with Crippen LogP contribution >= 0.6 is 7.26 Å². The van der Waals surface area contributed by atoms with Gasteiger partial charge in [-0.15, -0.1) is 0 Å². The minimum atomic E-state index is -1.19. The summed E-state index contributed by atoms with van der Waals surface area (Å²) in [6, 6.07) is 0. The average molecular weight is 290 g/mol. The molecule has 0 saturated heterocycles. The van der Waals surface area contributed by atoms with Crippen LogP contribution in [0.25, 0.3) is 0 Å². The molecule has 116 valence electrons. The number of carboxylic acid groups (broad SMARTS) is 1. The maximum atomic E-state index is 10.7. The van der Waals surface area contributed by atoms with Crippen molar-refractivity contribution in [3.8, 4) is 0 Å². The van der Waals surface area contributed by atoms with E-state index < -0.39 is 13.2 Å². The van der Waals surface area contributed by atoms with Gasteiger partial charge in [0.2, 0.25) is 0 Å². The molecule has 0 aromatic heterocycles. The van der Waals surface area contributed by atoms with E-state index in [0.717, 1.165) is 6.42 Å². The van der Waals surface area contributed by atoms with Gasteiger partial charge in [0.25, 0.3) is 0 Å². The monoisotopic (exact) mass is 290 g/mol. The molecule has 0 aromatic carbocycles. The van der Waals surface area contributed by atoms with Crippen LogP contribution in [0.5, 0.6) is 0 Å². The van der Waals surface area contributed by atoms with Crippen molar-refractivity contribution in [2.24, 2.45) is 0 Å². The van der Waals surface area contributed by atoms with E-state index in [0.29, 0.717) is 6.42 Å². The molecule has 19 heavy (non-hydrogen) atoms. The van der Waals surface area contributed by atoms with E-state index in [1.54, 1.807) is 0 Å². The zero-order chi connectivity index (χ0) is 14.6. The van der Waals surface area contributed by atoms with E-state index in [9.17, 15) is 4.79 Å². The van der Waals surface area contributed by atoms with Crippen molar-refractivity contribution in [3.63, 3.8) is 0 Å². The molecule has 0 saturated carbocycles. The molecule has 0 radical (unpaired) electrons. The zero-order valence-electron chi connectivity index (χ0n) is 13.3. The Morgan fingerprint density at radius 3 is 1.47 bits per heavy atom. The third kappa shape index (κ3) is 9.44. The van der Waals surface area contributed by atoms with Crippen LogP contribution in [0.1, 0.15) is 72.1 Å². The number of aliphatic carboxylic acids is 1. The van der Waals surface area contributed by atoms with Crippen LogP contribution in [0.4, 0.5) is 0 Å². The first kappa shape index (κ1) is 18.9. The summed E-state index contributed by atoms with van der Waals surface area (Å²) in [6.45, 7) is 6.82. The first-order valence-corrected chi connectivity index (χ1v) is 11.1. The Balaban J connectivity index is 4.51. The van der Waals surface area contributed by atoms with E-state index in [1.807, 2.05) is 0 Å². The molecular formula is C16H35O2P. The first-order valence-electron chi connectivity index (χ1n) is 8.32. The molecular weight excluding hydrogens is 255 g/mol. The van der Waals surface area contributed by atoms with Gasteiger partial charge in [-0.3, -0.25) is 0 Å². The standard InChI is InChI=1S/C16H35O2P/c1-4-7-12-19(13-8-5-2,14-9-6-3)15-10-11-16(17)18/h19H,4-15H2,1-3H3,(H,17,18). The van der Waals surface area contributed by atoms with E-state index in [-0.39, 0.29) is 0 Å². The predicted molar refractivity (Wildman–Crippen MR) is 89.4 cm³/mol. The molecule has 3 heteroatoms. The Hall–Kier alpha value is -0.100. The molecule has 0 aliphatic carbocycles. The van der Waals surface area contributed by atoms with Gasteiger partial charge in [-0.25, -0.2) is 0 Å². The molecule has 0 aromatic rings. The number of carbonyl (C=O) groups is 1. The second kappa shape index (κ2) is 11.7. The van der Waals surface area contributed by atoms with Gasteiger partial charge in [-0.05, 0) is 0 Å². The summed E-state index contributed by atoms with van der Waals surface area (Å²) in [5, 5.41) is 8.85. The predicted octanol–water partition coefficient (Wildman–Crippen LogP) is 5.00. The summed E-state index contributed by atoms with van der Waals surface area (Å²) in [6.07, 6.45) is 14.8. The van der Waals surface area contributed by atoms with Crippen LogP contribution in [0, 0.1) is 0 Å². The van der Waals surface area contributed by atoms with Crippen molar-refractivity contribution >= 4 is 13.2 Å². The van der Waals surface area contributed by atoms with Crippen LogP contribution in [0.15, 0.2) is 0 Å².